The maximum Gasteiger partial charge on any atom is 0.146 e. The zero-order valence-corrected chi connectivity index (χ0v) is 8.34. The molecule has 0 aliphatic rings. The van der Waals surface area contributed by atoms with Crippen LogP contribution in [0, 0.1) is 11.7 Å². The van der Waals surface area contributed by atoms with Gasteiger partial charge in [-0.15, -0.1) is 0 Å². The van der Waals surface area contributed by atoms with Gasteiger partial charge in [0.05, 0.1) is 5.69 Å². The van der Waals surface area contributed by atoms with Crippen LogP contribution >= 0.6 is 0 Å². The smallest absolute Gasteiger partial charge is 0.146 e. The molecule has 1 atom stereocenters. The summed E-state index contributed by atoms with van der Waals surface area (Å²) in [4.78, 5) is 0. The van der Waals surface area contributed by atoms with E-state index in [0.717, 1.165) is 0 Å². The Hall–Kier alpha value is -1.05. The lowest BCUT2D eigenvalue weighted by molar-refractivity contribution is 0.552. The summed E-state index contributed by atoms with van der Waals surface area (Å²) in [5, 5.41) is 3.13. The molecule has 0 radical (unpaired) electrons. The van der Waals surface area contributed by atoms with Crippen molar-refractivity contribution in [2.24, 2.45) is 5.92 Å². The third kappa shape index (κ3) is 2.72. The van der Waals surface area contributed by atoms with Gasteiger partial charge in [-0.05, 0) is 25.0 Å². The Morgan fingerprint density at radius 2 is 1.77 bits per heavy atom. The number of halogens is 1. The number of para-hydroxylation sites is 1. The largest absolute Gasteiger partial charge is 0.380 e. The third-order valence-electron chi connectivity index (χ3n) is 2.26. The first kappa shape index (κ1) is 10.0. The Labute approximate surface area is 79.0 Å². The van der Waals surface area contributed by atoms with Crippen LogP contribution in [0.1, 0.15) is 20.8 Å². The molecule has 0 aliphatic heterocycles. The van der Waals surface area contributed by atoms with Crippen molar-refractivity contribution in [2.45, 2.75) is 26.8 Å². The quantitative estimate of drug-likeness (QED) is 0.754. The molecule has 1 nitrogen and oxygen atoms in total. The summed E-state index contributed by atoms with van der Waals surface area (Å²) in [5.74, 6) is 0.314. The third-order valence-corrected chi connectivity index (χ3v) is 2.26. The van der Waals surface area contributed by atoms with Crippen molar-refractivity contribution in [1.82, 2.24) is 0 Å². The van der Waals surface area contributed by atoms with Crippen LogP contribution in [0.4, 0.5) is 10.1 Å². The molecular formula is C11H16FN. The fourth-order valence-corrected chi connectivity index (χ4v) is 0.990. The van der Waals surface area contributed by atoms with Gasteiger partial charge in [0.15, 0.2) is 0 Å². The normalized spacial score (nSPS) is 13.0. The zero-order chi connectivity index (χ0) is 9.84. The van der Waals surface area contributed by atoms with Gasteiger partial charge in [-0.2, -0.15) is 0 Å². The van der Waals surface area contributed by atoms with Gasteiger partial charge < -0.3 is 5.32 Å². The first-order chi connectivity index (χ1) is 6.11. The number of nitrogens with one attached hydrogen (secondary N) is 1. The van der Waals surface area contributed by atoms with Gasteiger partial charge in [-0.3, -0.25) is 0 Å². The molecule has 0 spiro atoms. The van der Waals surface area contributed by atoms with Gasteiger partial charge in [-0.25, -0.2) is 4.39 Å². The van der Waals surface area contributed by atoms with Gasteiger partial charge in [0, 0.05) is 6.04 Å². The van der Waals surface area contributed by atoms with Crippen LogP contribution in [0.5, 0.6) is 0 Å². The number of benzene rings is 1. The predicted molar refractivity (Wildman–Crippen MR) is 54.3 cm³/mol. The average molecular weight is 181 g/mol. The first-order valence-electron chi connectivity index (χ1n) is 4.62. The monoisotopic (exact) mass is 181 g/mol. The molecule has 1 aromatic carbocycles. The first-order valence-corrected chi connectivity index (χ1v) is 4.62. The maximum atomic E-state index is 13.2. The molecule has 0 bridgehead atoms. The Morgan fingerprint density at radius 3 is 2.31 bits per heavy atom. The Bertz CT molecular complexity index is 271. The number of anilines is 1. The van der Waals surface area contributed by atoms with E-state index in [1.807, 2.05) is 6.07 Å². The molecule has 0 unspecified atom stereocenters. The highest BCUT2D eigenvalue weighted by molar-refractivity contribution is 5.45. The molecule has 13 heavy (non-hydrogen) atoms. The van der Waals surface area contributed by atoms with E-state index in [-0.39, 0.29) is 11.9 Å². The molecule has 72 valence electrons. The molecule has 1 rings (SSSR count). The molecule has 1 aromatic rings. The van der Waals surface area contributed by atoms with Crippen molar-refractivity contribution < 1.29 is 4.39 Å². The molecule has 0 saturated carbocycles. The lowest BCUT2D eigenvalue weighted by Gasteiger charge is -2.18. The molecular weight excluding hydrogens is 165 g/mol. The van der Waals surface area contributed by atoms with Crippen molar-refractivity contribution >= 4 is 5.69 Å². The predicted octanol–water partition coefficient (Wildman–Crippen LogP) is 3.28. The van der Waals surface area contributed by atoms with Crippen molar-refractivity contribution in [1.29, 1.82) is 0 Å². The highest BCUT2D eigenvalue weighted by Gasteiger charge is 2.08. The van der Waals surface area contributed by atoms with E-state index in [2.05, 4.69) is 26.1 Å². The van der Waals surface area contributed by atoms with Gasteiger partial charge in [-0.1, -0.05) is 26.0 Å². The fourth-order valence-electron chi connectivity index (χ4n) is 0.990. The minimum atomic E-state index is -0.185. The lowest BCUT2D eigenvalue weighted by Crippen LogP contribution is -2.21. The van der Waals surface area contributed by atoms with E-state index in [4.69, 9.17) is 0 Å². The Balaban J connectivity index is 2.69. The van der Waals surface area contributed by atoms with Gasteiger partial charge in [0.2, 0.25) is 0 Å². The van der Waals surface area contributed by atoms with Gasteiger partial charge in [0.25, 0.3) is 0 Å². The second-order valence-electron chi connectivity index (χ2n) is 3.66. The molecule has 0 heterocycles. The van der Waals surface area contributed by atoms with E-state index >= 15 is 0 Å². The highest BCUT2D eigenvalue weighted by atomic mass is 19.1. The highest BCUT2D eigenvalue weighted by Crippen LogP contribution is 2.15. The molecule has 0 aromatic heterocycles. The Kier molecular flexibility index (Phi) is 3.29. The molecule has 0 saturated heterocycles. The average Bonchev–Trinajstić information content (AvgIpc) is 2.08. The van der Waals surface area contributed by atoms with Crippen molar-refractivity contribution in [3.8, 4) is 0 Å². The van der Waals surface area contributed by atoms with Gasteiger partial charge in [0.1, 0.15) is 5.82 Å². The van der Waals surface area contributed by atoms with Crippen LogP contribution in [0.15, 0.2) is 24.3 Å². The summed E-state index contributed by atoms with van der Waals surface area (Å²) >= 11 is 0. The van der Waals surface area contributed by atoms with Crippen LogP contribution in [0.2, 0.25) is 0 Å². The number of hydrogen-bond acceptors (Lipinski definition) is 1. The minimum absolute atomic E-state index is 0.185. The summed E-state index contributed by atoms with van der Waals surface area (Å²) in [5.41, 5.74) is 0.587. The van der Waals surface area contributed by atoms with Crippen LogP contribution in [0.3, 0.4) is 0 Å². The van der Waals surface area contributed by atoms with Crippen LogP contribution in [0.25, 0.3) is 0 Å². The molecule has 2 heteroatoms. The van der Waals surface area contributed by atoms with Crippen molar-refractivity contribution in [3.63, 3.8) is 0 Å². The van der Waals surface area contributed by atoms with E-state index in [9.17, 15) is 4.39 Å². The minimum Gasteiger partial charge on any atom is -0.380 e. The molecule has 0 fully saturated rings. The molecule has 0 amide bonds. The zero-order valence-electron chi connectivity index (χ0n) is 8.34. The molecule has 0 aliphatic carbocycles. The van der Waals surface area contributed by atoms with E-state index in [1.54, 1.807) is 12.1 Å². The standard InChI is InChI=1S/C11H16FN/c1-8(2)9(3)13-11-7-5-4-6-10(11)12/h4-9,13H,1-3H3/t9-/m0/s1. The van der Waals surface area contributed by atoms with E-state index < -0.39 is 0 Å². The van der Waals surface area contributed by atoms with Crippen LogP contribution in [-0.2, 0) is 0 Å². The second-order valence-corrected chi connectivity index (χ2v) is 3.66. The maximum absolute atomic E-state index is 13.2. The topological polar surface area (TPSA) is 12.0 Å². The summed E-state index contributed by atoms with van der Waals surface area (Å²) in [6.45, 7) is 6.27. The summed E-state index contributed by atoms with van der Waals surface area (Å²) in [6.07, 6.45) is 0. The summed E-state index contributed by atoms with van der Waals surface area (Å²) < 4.78 is 13.2. The fraction of sp³-hybridized carbons (Fsp3) is 0.455. The summed E-state index contributed by atoms with van der Waals surface area (Å²) in [6, 6.07) is 7.04. The van der Waals surface area contributed by atoms with E-state index in [0.29, 0.717) is 11.6 Å². The van der Waals surface area contributed by atoms with Crippen LogP contribution < -0.4 is 5.32 Å². The van der Waals surface area contributed by atoms with E-state index in [1.165, 1.54) is 6.07 Å². The second kappa shape index (κ2) is 4.26. The number of hydrogen-bond donors (Lipinski definition) is 1. The Morgan fingerprint density at radius 1 is 1.15 bits per heavy atom. The molecule has 1 N–H and O–H groups in total. The lowest BCUT2D eigenvalue weighted by atomic mass is 10.1. The van der Waals surface area contributed by atoms with Crippen molar-refractivity contribution in [2.75, 3.05) is 5.32 Å². The van der Waals surface area contributed by atoms with Crippen LogP contribution in [-0.4, -0.2) is 6.04 Å². The number of rotatable bonds is 3. The van der Waals surface area contributed by atoms with Crippen molar-refractivity contribution in [3.05, 3.63) is 30.1 Å². The van der Waals surface area contributed by atoms with Gasteiger partial charge >= 0.3 is 0 Å². The summed E-state index contributed by atoms with van der Waals surface area (Å²) in [7, 11) is 0. The SMILES string of the molecule is CC(C)[C@H](C)Nc1ccccc1F.